The molecule has 4 heterocycles. The highest BCUT2D eigenvalue weighted by Gasteiger charge is 2.48. The molecule has 2 aromatic carbocycles. The Balaban J connectivity index is 1.19. The van der Waals surface area contributed by atoms with Crippen LogP contribution in [0.3, 0.4) is 0 Å². The molecule has 1 aliphatic carbocycles. The van der Waals surface area contributed by atoms with Crippen LogP contribution in [0.2, 0.25) is 5.02 Å². The molecule has 7 rings (SSSR count). The van der Waals surface area contributed by atoms with Gasteiger partial charge in [-0.2, -0.15) is 0 Å². The number of aromatic nitrogens is 1. The van der Waals surface area contributed by atoms with E-state index in [9.17, 15) is 5.11 Å². The lowest BCUT2D eigenvalue weighted by molar-refractivity contribution is -0.959. The smallest absolute Gasteiger partial charge is 0.231 e. The summed E-state index contributed by atoms with van der Waals surface area (Å²) in [7, 11) is 0. The van der Waals surface area contributed by atoms with Gasteiger partial charge >= 0.3 is 0 Å². The maximum Gasteiger partial charge on any atom is 0.231 e. The average molecular weight is 538 g/mol. The van der Waals surface area contributed by atoms with E-state index in [1.54, 1.807) is 0 Å². The maximum atomic E-state index is 12.2. The van der Waals surface area contributed by atoms with Crippen molar-refractivity contribution < 1.29 is 14.0 Å². The zero-order valence-electron chi connectivity index (χ0n) is 21.5. The molecule has 1 N–H and O–H groups in total. The number of nitrogens with zero attached hydrogens (tertiary/aromatic N) is 2. The quantitative estimate of drug-likeness (QED) is 0.242. The Morgan fingerprint density at radius 1 is 0.973 bits per heavy atom. The Morgan fingerprint density at radius 3 is 2.43 bits per heavy atom. The van der Waals surface area contributed by atoms with Crippen LogP contribution in [0.15, 0.2) is 70.1 Å². The second-order valence-electron chi connectivity index (χ2n) is 11.6. The molecule has 2 atom stereocenters. The number of rotatable bonds is 8. The van der Waals surface area contributed by atoms with Crippen molar-refractivity contribution >= 4 is 23.4 Å². The van der Waals surface area contributed by atoms with Crippen LogP contribution in [0.5, 0.6) is 0 Å². The number of hydrogen-bond donors (Lipinski definition) is 1. The second-order valence-corrected chi connectivity index (χ2v) is 13.1. The first-order chi connectivity index (χ1) is 18.0. The zero-order chi connectivity index (χ0) is 25.3. The summed E-state index contributed by atoms with van der Waals surface area (Å²) in [6.07, 6.45) is 10.1. The predicted molar refractivity (Wildman–Crippen MR) is 149 cm³/mol. The van der Waals surface area contributed by atoms with Gasteiger partial charge in [0.1, 0.15) is 6.54 Å². The number of fused-ring (bicyclic) bond motifs is 3. The van der Waals surface area contributed by atoms with E-state index in [1.165, 1.54) is 43.8 Å². The molecule has 3 aromatic rings. The topological polar surface area (TPSA) is 46.3 Å². The van der Waals surface area contributed by atoms with Crippen LogP contribution in [0, 0.1) is 17.8 Å². The number of piperidine rings is 3. The summed E-state index contributed by atoms with van der Waals surface area (Å²) in [5, 5.41) is 13.0. The van der Waals surface area contributed by atoms with Crippen LogP contribution in [0.4, 0.5) is 0 Å². The molecule has 0 amide bonds. The first-order valence-electron chi connectivity index (χ1n) is 14.0. The van der Waals surface area contributed by atoms with E-state index in [0.717, 1.165) is 64.7 Å². The number of halogens is 1. The van der Waals surface area contributed by atoms with E-state index >= 15 is 0 Å². The Morgan fingerprint density at radius 2 is 1.70 bits per heavy atom. The summed E-state index contributed by atoms with van der Waals surface area (Å²) < 4.78 is 7.57. The van der Waals surface area contributed by atoms with E-state index in [4.69, 9.17) is 21.0 Å². The highest BCUT2D eigenvalue weighted by Crippen LogP contribution is 2.45. The number of thioether (sulfide) groups is 1. The Labute approximate surface area is 230 Å². The minimum absolute atomic E-state index is 0.141. The van der Waals surface area contributed by atoms with Crippen LogP contribution in [-0.2, 0) is 12.1 Å². The van der Waals surface area contributed by atoms with Crippen LogP contribution >= 0.6 is 23.4 Å². The van der Waals surface area contributed by atoms with Gasteiger partial charge in [-0.15, -0.1) is 11.8 Å². The Hall–Kier alpha value is -1.79. The van der Waals surface area contributed by atoms with Gasteiger partial charge < -0.3 is 14.0 Å². The summed E-state index contributed by atoms with van der Waals surface area (Å²) in [6, 6.07) is 18.3. The molecule has 0 spiro atoms. The van der Waals surface area contributed by atoms with Gasteiger partial charge in [-0.1, -0.05) is 61.2 Å². The van der Waals surface area contributed by atoms with E-state index in [1.807, 2.05) is 60.4 Å². The summed E-state index contributed by atoms with van der Waals surface area (Å²) >= 11 is 8.04. The molecule has 4 fully saturated rings. The van der Waals surface area contributed by atoms with Crippen molar-refractivity contribution in [3.63, 3.8) is 0 Å². The minimum Gasteiger partial charge on any atom is -0.436 e. The molecule has 4 nitrogen and oxygen atoms in total. The first kappa shape index (κ1) is 25.5. The molecule has 3 aliphatic heterocycles. The van der Waals surface area contributed by atoms with Crippen molar-refractivity contribution in [3.8, 4) is 0 Å². The Kier molecular flexibility index (Phi) is 7.41. The second kappa shape index (κ2) is 10.8. The van der Waals surface area contributed by atoms with E-state index < -0.39 is 5.60 Å². The lowest BCUT2D eigenvalue weighted by atomic mass is 9.73. The number of benzene rings is 2. The molecular weight excluding hydrogens is 500 g/mol. The SMILES string of the molecule is O[C@](c1ccccc1)(c1ncc(C[N+]23CCC(CC2)[C@H](CSc2ccc(Cl)cc2)C3)o1)C1CCCCC1. The molecule has 37 heavy (non-hydrogen) atoms. The van der Waals surface area contributed by atoms with E-state index in [0.29, 0.717) is 11.8 Å². The fourth-order valence-electron chi connectivity index (χ4n) is 7.22. The van der Waals surface area contributed by atoms with Gasteiger partial charge in [0.25, 0.3) is 0 Å². The largest absolute Gasteiger partial charge is 0.436 e. The lowest BCUT2D eigenvalue weighted by Gasteiger charge is -2.52. The average Bonchev–Trinajstić information content (AvgIpc) is 3.42. The maximum absolute atomic E-state index is 12.2. The fourth-order valence-corrected chi connectivity index (χ4v) is 8.45. The summed E-state index contributed by atoms with van der Waals surface area (Å²) in [5.41, 5.74) is -0.257. The number of hydrogen-bond acceptors (Lipinski definition) is 4. The molecule has 4 aliphatic rings. The van der Waals surface area contributed by atoms with Crippen LogP contribution in [-0.4, -0.2) is 40.0 Å². The van der Waals surface area contributed by atoms with E-state index in [-0.39, 0.29) is 5.92 Å². The molecule has 6 heteroatoms. The Bertz CT molecular complexity index is 1170. The number of aliphatic hydroxyl groups is 1. The summed E-state index contributed by atoms with van der Waals surface area (Å²) in [5.74, 6) is 4.25. The van der Waals surface area contributed by atoms with Gasteiger partial charge in [0.05, 0.1) is 25.8 Å². The molecule has 196 valence electrons. The third kappa shape index (κ3) is 5.25. The van der Waals surface area contributed by atoms with Crippen LogP contribution in [0.25, 0.3) is 0 Å². The molecule has 1 saturated carbocycles. The van der Waals surface area contributed by atoms with Crippen LogP contribution in [0.1, 0.15) is 62.2 Å². The first-order valence-corrected chi connectivity index (χ1v) is 15.4. The van der Waals surface area contributed by atoms with Crippen molar-refractivity contribution in [3.05, 3.63) is 83.0 Å². The van der Waals surface area contributed by atoms with Gasteiger partial charge in [0.2, 0.25) is 5.89 Å². The van der Waals surface area contributed by atoms with Gasteiger partial charge in [-0.3, -0.25) is 0 Å². The third-order valence-electron chi connectivity index (χ3n) is 9.30. The molecule has 2 bridgehead atoms. The fraction of sp³-hybridized carbons (Fsp3) is 0.516. The van der Waals surface area contributed by atoms with Gasteiger partial charge in [0, 0.05) is 40.3 Å². The minimum atomic E-state index is -1.16. The highest BCUT2D eigenvalue weighted by molar-refractivity contribution is 7.99. The molecule has 3 saturated heterocycles. The van der Waals surface area contributed by atoms with E-state index in [2.05, 4.69) is 12.1 Å². The zero-order valence-corrected chi connectivity index (χ0v) is 23.1. The van der Waals surface area contributed by atoms with Crippen molar-refractivity contribution in [2.75, 3.05) is 25.4 Å². The van der Waals surface area contributed by atoms with Gasteiger partial charge in [-0.25, -0.2) is 4.98 Å². The standard InChI is InChI=1S/C31H38ClN2O2S/c32-27-11-13-29(14-12-27)37-22-24-20-34(17-15-23(24)16-18-34)21-28-19-33-30(36-28)31(35,25-7-3-1-4-8-25)26-9-5-2-6-10-26/h1,3-4,7-8,11-14,19,23-24,26,35H,2,5-6,9-10,15-18,20-22H2/q+1/t23?,24-,31-,34?/m0/s1. The van der Waals surface area contributed by atoms with Crippen molar-refractivity contribution in [1.82, 2.24) is 4.98 Å². The van der Waals surface area contributed by atoms with Crippen molar-refractivity contribution in [2.45, 2.75) is 62.0 Å². The van der Waals surface area contributed by atoms with Gasteiger partial charge in [0.15, 0.2) is 11.4 Å². The molecule has 0 unspecified atom stereocenters. The van der Waals surface area contributed by atoms with Crippen molar-refractivity contribution in [2.24, 2.45) is 17.8 Å². The normalized spacial score (nSPS) is 27.7. The highest BCUT2D eigenvalue weighted by atomic mass is 35.5. The molecule has 1 aromatic heterocycles. The third-order valence-corrected chi connectivity index (χ3v) is 10.7. The monoisotopic (exact) mass is 537 g/mol. The molecule has 0 radical (unpaired) electrons. The predicted octanol–water partition coefficient (Wildman–Crippen LogP) is 7.29. The number of oxazole rings is 1. The summed E-state index contributed by atoms with van der Waals surface area (Å²) in [6.45, 7) is 4.51. The summed E-state index contributed by atoms with van der Waals surface area (Å²) in [4.78, 5) is 6.05. The van der Waals surface area contributed by atoms with Crippen molar-refractivity contribution in [1.29, 1.82) is 0 Å². The number of quaternary nitrogens is 1. The molecular formula is C31H38ClN2O2S+. The van der Waals surface area contributed by atoms with Crippen LogP contribution < -0.4 is 0 Å². The lowest BCUT2D eigenvalue weighted by Crippen LogP contribution is -2.61. The van der Waals surface area contributed by atoms with Gasteiger partial charge in [-0.05, 0) is 48.6 Å².